The maximum absolute atomic E-state index is 14.1. The van der Waals surface area contributed by atoms with E-state index < -0.39 is 84.7 Å². The summed E-state index contributed by atoms with van der Waals surface area (Å²) in [5.74, 6) is -5.03. The Balaban J connectivity index is 1.64. The number of alkyl halides is 3. The van der Waals surface area contributed by atoms with Crippen molar-refractivity contribution in [1.29, 1.82) is 0 Å². The molecule has 326 valence electrons. The molecule has 4 amide bonds. The fourth-order valence-electron chi connectivity index (χ4n) is 6.23. The SMILES string of the molecule is CC(C)[C@H](NC(=O)OCc1ccccn1)C(=O)N[C@@H](Cc1ccccc1)C[C@H](OC(=O)C(F)(F)F)[C@H](Cc1ccccc1)NC(=O)[C@@H](NC(=O)OCc1ccccn1)C(C)C. The average molecular weight is 849 g/mol. The van der Waals surface area contributed by atoms with Gasteiger partial charge < -0.3 is 35.5 Å². The number of nitrogens with zero attached hydrogens (tertiary/aromatic N) is 2. The topological polar surface area (TPSA) is 187 Å². The number of rotatable bonds is 20. The van der Waals surface area contributed by atoms with Gasteiger partial charge in [-0.25, -0.2) is 14.4 Å². The number of halogens is 3. The van der Waals surface area contributed by atoms with Gasteiger partial charge in [0.1, 0.15) is 31.4 Å². The molecule has 0 unspecified atom stereocenters. The van der Waals surface area contributed by atoms with E-state index in [1.807, 2.05) is 0 Å². The van der Waals surface area contributed by atoms with Crippen molar-refractivity contribution >= 4 is 30.0 Å². The lowest BCUT2D eigenvalue weighted by molar-refractivity contribution is -0.206. The highest BCUT2D eigenvalue weighted by Gasteiger charge is 2.44. The van der Waals surface area contributed by atoms with Crippen molar-refractivity contribution in [3.8, 4) is 0 Å². The predicted octanol–water partition coefficient (Wildman–Crippen LogP) is 6.00. The average Bonchev–Trinajstić information content (AvgIpc) is 3.23. The summed E-state index contributed by atoms with van der Waals surface area (Å²) in [6.45, 7) is 6.30. The molecule has 0 aliphatic carbocycles. The van der Waals surface area contributed by atoms with E-state index >= 15 is 0 Å². The molecule has 2 heterocycles. The van der Waals surface area contributed by atoms with Gasteiger partial charge in [0.25, 0.3) is 0 Å². The number of ether oxygens (including phenoxy) is 3. The third kappa shape index (κ3) is 16.2. The van der Waals surface area contributed by atoms with E-state index in [9.17, 15) is 37.1 Å². The van der Waals surface area contributed by atoms with Crippen molar-refractivity contribution in [2.24, 2.45) is 11.8 Å². The van der Waals surface area contributed by atoms with Gasteiger partial charge in [-0.05, 0) is 60.1 Å². The van der Waals surface area contributed by atoms with Gasteiger partial charge in [-0.2, -0.15) is 13.2 Å². The molecule has 0 fully saturated rings. The minimum atomic E-state index is -5.42. The highest BCUT2D eigenvalue weighted by Crippen LogP contribution is 2.23. The number of esters is 1. The molecule has 0 saturated heterocycles. The van der Waals surface area contributed by atoms with E-state index in [1.165, 1.54) is 12.4 Å². The number of hydrogen-bond donors (Lipinski definition) is 4. The van der Waals surface area contributed by atoms with Crippen LogP contribution >= 0.6 is 0 Å². The number of pyridine rings is 2. The van der Waals surface area contributed by atoms with Gasteiger partial charge in [-0.3, -0.25) is 19.6 Å². The van der Waals surface area contributed by atoms with Gasteiger partial charge in [-0.15, -0.1) is 0 Å². The molecule has 4 aromatic rings. The van der Waals surface area contributed by atoms with Crippen LogP contribution in [0.5, 0.6) is 0 Å². The molecule has 0 bridgehead atoms. The number of aromatic nitrogens is 2. The van der Waals surface area contributed by atoms with Gasteiger partial charge in [0, 0.05) is 24.9 Å². The number of alkyl carbamates (subject to hydrolysis) is 2. The number of benzene rings is 2. The first-order valence-corrected chi connectivity index (χ1v) is 19.7. The molecule has 2 aromatic heterocycles. The molecule has 4 rings (SSSR count). The van der Waals surface area contributed by atoms with Crippen LogP contribution in [0, 0.1) is 11.8 Å². The van der Waals surface area contributed by atoms with E-state index in [0.29, 0.717) is 22.5 Å². The third-order valence-corrected chi connectivity index (χ3v) is 9.35. The minimum absolute atomic E-state index is 0.0475. The summed E-state index contributed by atoms with van der Waals surface area (Å²) in [6.07, 6.45) is -6.42. The molecule has 0 aliphatic heterocycles. The van der Waals surface area contributed by atoms with E-state index in [4.69, 9.17) is 14.2 Å². The molecule has 0 aliphatic rings. The quantitative estimate of drug-likeness (QED) is 0.0608. The normalized spacial score (nSPS) is 13.8. The number of nitrogens with one attached hydrogen (secondary N) is 4. The molecule has 17 heteroatoms. The fraction of sp³-hybridized carbons (Fsp3) is 0.386. The second-order valence-electron chi connectivity index (χ2n) is 14.9. The van der Waals surface area contributed by atoms with Gasteiger partial charge in [0.15, 0.2) is 0 Å². The number of carbonyl (C=O) groups excluding carboxylic acids is 5. The first-order valence-electron chi connectivity index (χ1n) is 19.7. The molecular formula is C44H51F3N6O8. The first kappa shape index (κ1) is 47.2. The highest BCUT2D eigenvalue weighted by atomic mass is 19.4. The van der Waals surface area contributed by atoms with Crippen LogP contribution in [0.2, 0.25) is 0 Å². The van der Waals surface area contributed by atoms with E-state index in [2.05, 4.69) is 31.2 Å². The summed E-state index contributed by atoms with van der Waals surface area (Å²) < 4.78 is 57.7. The van der Waals surface area contributed by atoms with Crippen LogP contribution in [0.1, 0.15) is 56.6 Å². The summed E-state index contributed by atoms with van der Waals surface area (Å²) in [4.78, 5) is 74.7. The molecule has 0 spiro atoms. The lowest BCUT2D eigenvalue weighted by Gasteiger charge is -2.34. The van der Waals surface area contributed by atoms with Crippen LogP contribution < -0.4 is 21.3 Å². The zero-order chi connectivity index (χ0) is 44.4. The fourth-order valence-corrected chi connectivity index (χ4v) is 6.23. The highest BCUT2D eigenvalue weighted by molar-refractivity contribution is 5.87. The van der Waals surface area contributed by atoms with Crippen molar-refractivity contribution in [3.63, 3.8) is 0 Å². The van der Waals surface area contributed by atoms with Crippen molar-refractivity contribution in [2.45, 2.75) is 96.6 Å². The Bertz CT molecular complexity index is 1990. The number of amides is 4. The molecule has 2 aromatic carbocycles. The van der Waals surface area contributed by atoms with Crippen LogP contribution in [0.3, 0.4) is 0 Å². The van der Waals surface area contributed by atoms with Crippen LogP contribution in [-0.2, 0) is 54.6 Å². The van der Waals surface area contributed by atoms with E-state index in [-0.39, 0.29) is 26.1 Å². The summed E-state index contributed by atoms with van der Waals surface area (Å²) in [6, 6.07) is 22.6. The van der Waals surface area contributed by atoms with Crippen LogP contribution in [-0.4, -0.2) is 76.4 Å². The van der Waals surface area contributed by atoms with Gasteiger partial charge >= 0.3 is 24.3 Å². The molecular weight excluding hydrogens is 798 g/mol. The maximum Gasteiger partial charge on any atom is 0.490 e. The Kier molecular flexibility index (Phi) is 18.0. The number of carbonyl (C=O) groups is 5. The van der Waals surface area contributed by atoms with Crippen molar-refractivity contribution < 1.29 is 51.4 Å². The second kappa shape index (κ2) is 23.3. The van der Waals surface area contributed by atoms with E-state index in [1.54, 1.807) is 125 Å². The second-order valence-corrected chi connectivity index (χ2v) is 14.9. The van der Waals surface area contributed by atoms with Crippen LogP contribution in [0.25, 0.3) is 0 Å². The Morgan fingerprint density at radius 2 is 1.03 bits per heavy atom. The predicted molar refractivity (Wildman–Crippen MR) is 217 cm³/mol. The number of hydrogen-bond acceptors (Lipinski definition) is 10. The maximum atomic E-state index is 14.1. The minimum Gasteiger partial charge on any atom is -0.453 e. The summed E-state index contributed by atoms with van der Waals surface area (Å²) in [5.41, 5.74) is 2.17. The molecule has 5 atom stereocenters. The van der Waals surface area contributed by atoms with Crippen molar-refractivity contribution in [3.05, 3.63) is 132 Å². The molecule has 61 heavy (non-hydrogen) atoms. The Morgan fingerprint density at radius 1 is 0.590 bits per heavy atom. The largest absolute Gasteiger partial charge is 0.490 e. The Labute approximate surface area is 352 Å². The zero-order valence-electron chi connectivity index (χ0n) is 34.3. The van der Waals surface area contributed by atoms with Crippen LogP contribution in [0.15, 0.2) is 109 Å². The van der Waals surface area contributed by atoms with Gasteiger partial charge in [0.05, 0.1) is 17.4 Å². The van der Waals surface area contributed by atoms with Gasteiger partial charge in [-0.1, -0.05) is 100 Å². The third-order valence-electron chi connectivity index (χ3n) is 9.35. The molecule has 4 N–H and O–H groups in total. The van der Waals surface area contributed by atoms with E-state index in [0.717, 1.165) is 0 Å². The Hall–Kier alpha value is -6.52. The summed E-state index contributed by atoms with van der Waals surface area (Å²) >= 11 is 0. The van der Waals surface area contributed by atoms with Gasteiger partial charge in [0.2, 0.25) is 11.8 Å². The lowest BCUT2D eigenvalue weighted by atomic mass is 9.92. The molecule has 0 radical (unpaired) electrons. The Morgan fingerprint density at radius 3 is 1.46 bits per heavy atom. The van der Waals surface area contributed by atoms with Crippen LogP contribution in [0.4, 0.5) is 22.8 Å². The summed E-state index contributed by atoms with van der Waals surface area (Å²) in [5, 5.41) is 10.7. The lowest BCUT2D eigenvalue weighted by Crippen LogP contribution is -2.57. The van der Waals surface area contributed by atoms with Crippen molar-refractivity contribution in [2.75, 3.05) is 0 Å². The standard InChI is InChI=1S/C44H51F3N6O8/c1-28(2)37(52-42(57)59-26-32-19-11-13-21-48-32)39(54)50-34(23-30-15-7-5-8-16-30)25-36(61-41(56)44(45,46)47)35(24-31-17-9-6-10-18-31)51-40(55)38(29(3)4)53-43(58)60-27-33-20-12-14-22-49-33/h5-22,28-29,34-38H,23-27H2,1-4H3,(H,50,54)(H,51,55)(H,52,57)(H,53,58)/t34-,35-,36-,37-,38-/m0/s1. The monoisotopic (exact) mass is 848 g/mol. The first-order chi connectivity index (χ1) is 29.1. The van der Waals surface area contributed by atoms with Crippen molar-refractivity contribution in [1.82, 2.24) is 31.2 Å². The summed E-state index contributed by atoms with van der Waals surface area (Å²) in [7, 11) is 0. The molecule has 0 saturated carbocycles. The smallest absolute Gasteiger partial charge is 0.453 e. The zero-order valence-corrected chi connectivity index (χ0v) is 34.3. The molecule has 14 nitrogen and oxygen atoms in total.